The molecule has 0 aliphatic carbocycles. The summed E-state index contributed by atoms with van der Waals surface area (Å²) in [5.41, 5.74) is 7.66. The molecule has 0 radical (unpaired) electrons. The Morgan fingerprint density at radius 3 is 2.72 bits per heavy atom. The molecule has 130 valence electrons. The summed E-state index contributed by atoms with van der Waals surface area (Å²) in [5, 5.41) is 16.9. The van der Waals surface area contributed by atoms with Crippen LogP contribution in [0.4, 0.5) is 0 Å². The van der Waals surface area contributed by atoms with Gasteiger partial charge in [-0.2, -0.15) is 5.10 Å². The van der Waals surface area contributed by atoms with Crippen LogP contribution in [0.25, 0.3) is 11.4 Å². The van der Waals surface area contributed by atoms with Crippen LogP contribution in [0.1, 0.15) is 24.4 Å². The zero-order valence-corrected chi connectivity index (χ0v) is 14.1. The fourth-order valence-corrected chi connectivity index (χ4v) is 2.51. The van der Waals surface area contributed by atoms with Gasteiger partial charge < -0.3 is 20.3 Å². The monoisotopic (exact) mass is 340 g/mol. The first-order valence-corrected chi connectivity index (χ1v) is 7.91. The Bertz CT molecular complexity index is 863. The molecule has 7 nitrogen and oxygen atoms in total. The van der Waals surface area contributed by atoms with E-state index >= 15 is 0 Å². The largest absolute Gasteiger partial charge is 0.507 e. The Kier molecular flexibility index (Phi) is 4.85. The van der Waals surface area contributed by atoms with E-state index in [0.717, 1.165) is 5.56 Å². The molecule has 3 rings (SSSR count). The van der Waals surface area contributed by atoms with Gasteiger partial charge in [-0.15, -0.1) is 0 Å². The second-order valence-corrected chi connectivity index (χ2v) is 5.38. The molecule has 1 atom stereocenters. The van der Waals surface area contributed by atoms with E-state index in [1.165, 1.54) is 0 Å². The number of hydrogen-bond donors (Lipinski definition) is 3. The standard InChI is InChI=1S/C18H20N4O3/c1-3-25-15-10-11(8-9-14(15)24-2)16(19)18-20-17(21-22-18)12-6-4-5-7-13(12)23/h4-10,16,23H,3,19H2,1-2H3,(H,20,21,22)/t16-/m1/s1. The highest BCUT2D eigenvalue weighted by Crippen LogP contribution is 2.32. The van der Waals surface area contributed by atoms with E-state index in [1.807, 2.05) is 25.1 Å². The van der Waals surface area contributed by atoms with Crippen LogP contribution >= 0.6 is 0 Å². The number of benzene rings is 2. The molecule has 25 heavy (non-hydrogen) atoms. The molecule has 2 aromatic carbocycles. The summed E-state index contributed by atoms with van der Waals surface area (Å²) >= 11 is 0. The number of phenols is 1. The van der Waals surface area contributed by atoms with Crippen LogP contribution in [-0.2, 0) is 0 Å². The van der Waals surface area contributed by atoms with Crippen LogP contribution in [0.15, 0.2) is 42.5 Å². The minimum atomic E-state index is -0.516. The van der Waals surface area contributed by atoms with E-state index in [9.17, 15) is 5.11 Å². The molecule has 0 saturated heterocycles. The molecule has 1 aromatic heterocycles. The van der Waals surface area contributed by atoms with Crippen molar-refractivity contribution in [3.8, 4) is 28.6 Å². The first kappa shape index (κ1) is 16.8. The Balaban J connectivity index is 1.90. The number of hydrogen-bond acceptors (Lipinski definition) is 6. The zero-order valence-electron chi connectivity index (χ0n) is 14.1. The van der Waals surface area contributed by atoms with Crippen LogP contribution in [0.2, 0.25) is 0 Å². The molecular formula is C18H20N4O3. The fraction of sp³-hybridized carbons (Fsp3) is 0.222. The topological polar surface area (TPSA) is 106 Å². The van der Waals surface area contributed by atoms with Crippen molar-refractivity contribution in [3.05, 3.63) is 53.9 Å². The molecule has 0 aliphatic rings. The highest BCUT2D eigenvalue weighted by atomic mass is 16.5. The summed E-state index contributed by atoms with van der Waals surface area (Å²) in [4.78, 5) is 4.41. The molecule has 1 heterocycles. The summed E-state index contributed by atoms with van der Waals surface area (Å²) in [6.45, 7) is 2.43. The third-order valence-corrected chi connectivity index (χ3v) is 3.79. The summed E-state index contributed by atoms with van der Waals surface area (Å²) in [6.07, 6.45) is 0. The lowest BCUT2D eigenvalue weighted by Crippen LogP contribution is -2.14. The van der Waals surface area contributed by atoms with Gasteiger partial charge in [-0.05, 0) is 36.8 Å². The maximum atomic E-state index is 9.93. The molecule has 0 spiro atoms. The third-order valence-electron chi connectivity index (χ3n) is 3.79. The molecule has 0 amide bonds. The summed E-state index contributed by atoms with van der Waals surface area (Å²) in [5.74, 6) is 2.27. The average molecular weight is 340 g/mol. The lowest BCUT2D eigenvalue weighted by Gasteiger charge is -2.14. The van der Waals surface area contributed by atoms with Crippen LogP contribution in [0.3, 0.4) is 0 Å². The van der Waals surface area contributed by atoms with Gasteiger partial charge in [-0.25, -0.2) is 4.98 Å². The number of aromatic hydroxyl groups is 1. The molecule has 0 fully saturated rings. The molecule has 4 N–H and O–H groups in total. The van der Waals surface area contributed by atoms with Crippen LogP contribution < -0.4 is 15.2 Å². The normalized spacial score (nSPS) is 12.0. The first-order valence-electron chi connectivity index (χ1n) is 7.91. The van der Waals surface area contributed by atoms with Crippen molar-refractivity contribution < 1.29 is 14.6 Å². The highest BCUT2D eigenvalue weighted by molar-refractivity contribution is 5.63. The molecule has 0 unspecified atom stereocenters. The number of phenolic OH excluding ortho intramolecular Hbond substituents is 1. The van der Waals surface area contributed by atoms with Gasteiger partial charge in [0, 0.05) is 0 Å². The van der Waals surface area contributed by atoms with E-state index in [0.29, 0.717) is 35.3 Å². The number of nitrogens with one attached hydrogen (secondary N) is 1. The first-order chi connectivity index (χ1) is 12.1. The maximum Gasteiger partial charge on any atom is 0.184 e. The number of nitrogens with two attached hydrogens (primary N) is 1. The Morgan fingerprint density at radius 1 is 1.20 bits per heavy atom. The molecular weight excluding hydrogens is 320 g/mol. The van der Waals surface area contributed by atoms with Crippen molar-refractivity contribution in [2.45, 2.75) is 13.0 Å². The summed E-state index contributed by atoms with van der Waals surface area (Å²) in [6, 6.07) is 11.9. The Morgan fingerprint density at radius 2 is 2.00 bits per heavy atom. The van der Waals surface area contributed by atoms with Crippen molar-refractivity contribution in [2.24, 2.45) is 5.73 Å². The number of H-pyrrole nitrogens is 1. The van der Waals surface area contributed by atoms with Crippen molar-refractivity contribution in [1.82, 2.24) is 15.2 Å². The molecule has 0 bridgehead atoms. The second-order valence-electron chi connectivity index (χ2n) is 5.38. The van der Waals surface area contributed by atoms with Gasteiger partial charge in [0.15, 0.2) is 17.3 Å². The predicted molar refractivity (Wildman–Crippen MR) is 93.7 cm³/mol. The van der Waals surface area contributed by atoms with Gasteiger partial charge >= 0.3 is 0 Å². The molecule has 0 aliphatic heterocycles. The van der Waals surface area contributed by atoms with E-state index in [1.54, 1.807) is 31.4 Å². The fourth-order valence-electron chi connectivity index (χ4n) is 2.51. The van der Waals surface area contributed by atoms with Gasteiger partial charge in [0.25, 0.3) is 0 Å². The van der Waals surface area contributed by atoms with Gasteiger partial charge in [0.1, 0.15) is 11.6 Å². The summed E-state index contributed by atoms with van der Waals surface area (Å²) < 4.78 is 10.9. The van der Waals surface area contributed by atoms with Gasteiger partial charge in [-0.1, -0.05) is 18.2 Å². The number of methoxy groups -OCH3 is 1. The number of nitrogens with zero attached hydrogens (tertiary/aromatic N) is 2. The maximum absolute atomic E-state index is 9.93. The minimum absolute atomic E-state index is 0.115. The zero-order chi connectivity index (χ0) is 17.8. The van der Waals surface area contributed by atoms with Crippen LogP contribution in [0, 0.1) is 0 Å². The Labute approximate surface area is 145 Å². The van der Waals surface area contributed by atoms with Crippen molar-refractivity contribution in [2.75, 3.05) is 13.7 Å². The highest BCUT2D eigenvalue weighted by Gasteiger charge is 2.18. The van der Waals surface area contributed by atoms with E-state index in [4.69, 9.17) is 15.2 Å². The Hall–Kier alpha value is -3.06. The summed E-state index contributed by atoms with van der Waals surface area (Å²) in [7, 11) is 1.59. The van der Waals surface area contributed by atoms with Crippen LogP contribution in [0.5, 0.6) is 17.2 Å². The van der Waals surface area contributed by atoms with Crippen molar-refractivity contribution in [1.29, 1.82) is 0 Å². The number of ether oxygens (including phenoxy) is 2. The lowest BCUT2D eigenvalue weighted by atomic mass is 10.1. The quantitative estimate of drug-likeness (QED) is 0.637. The SMILES string of the molecule is CCOc1cc([C@@H](N)c2nc(-c3ccccc3O)n[nH]2)ccc1OC. The van der Waals surface area contributed by atoms with E-state index < -0.39 is 6.04 Å². The third kappa shape index (κ3) is 3.41. The van der Waals surface area contributed by atoms with Gasteiger partial charge in [0.05, 0.1) is 25.3 Å². The predicted octanol–water partition coefficient (Wildman–Crippen LogP) is 2.63. The number of aromatic nitrogens is 3. The molecule has 3 aromatic rings. The number of para-hydroxylation sites is 1. The number of aromatic amines is 1. The lowest BCUT2D eigenvalue weighted by molar-refractivity contribution is 0.310. The molecule has 0 saturated carbocycles. The van der Waals surface area contributed by atoms with Crippen molar-refractivity contribution >= 4 is 0 Å². The van der Waals surface area contributed by atoms with Gasteiger partial charge in [0.2, 0.25) is 0 Å². The van der Waals surface area contributed by atoms with E-state index in [2.05, 4.69) is 15.2 Å². The van der Waals surface area contributed by atoms with E-state index in [-0.39, 0.29) is 5.75 Å². The van der Waals surface area contributed by atoms with Crippen molar-refractivity contribution in [3.63, 3.8) is 0 Å². The van der Waals surface area contributed by atoms with Crippen LogP contribution in [-0.4, -0.2) is 34.0 Å². The van der Waals surface area contributed by atoms with Gasteiger partial charge in [-0.3, -0.25) is 5.10 Å². The minimum Gasteiger partial charge on any atom is -0.507 e. The molecule has 7 heteroatoms. The number of rotatable bonds is 6. The smallest absolute Gasteiger partial charge is 0.184 e. The second kappa shape index (κ2) is 7.23. The average Bonchev–Trinajstić information content (AvgIpc) is 3.11.